The van der Waals surface area contributed by atoms with Gasteiger partial charge in [-0.05, 0) is 46.9 Å². The number of aromatic nitrogens is 1. The number of amides is 1. The number of nitrogens with two attached hydrogens (primary N) is 1. The van der Waals surface area contributed by atoms with Crippen molar-refractivity contribution < 1.29 is 56.0 Å². The van der Waals surface area contributed by atoms with E-state index in [1.807, 2.05) is 30.3 Å². The van der Waals surface area contributed by atoms with Gasteiger partial charge in [0.05, 0.1) is 6.42 Å². The minimum absolute atomic E-state index is 0.0389. The number of aliphatic carboxylic acids is 2. The van der Waals surface area contributed by atoms with Crippen LogP contribution < -0.4 is 15.2 Å². The molecule has 0 bridgehead atoms. The van der Waals surface area contributed by atoms with Gasteiger partial charge in [-0.25, -0.2) is 18.4 Å². The molecule has 10 nitrogen and oxygen atoms in total. The number of ether oxygens (including phenoxy) is 2. The molecular formula is C28H28F5N3O7. The third-order valence-corrected chi connectivity index (χ3v) is 5.54. The summed E-state index contributed by atoms with van der Waals surface area (Å²) >= 11 is 0. The molecule has 0 spiro atoms. The Morgan fingerprint density at radius 3 is 2.09 bits per heavy atom. The topological polar surface area (TPSA) is 152 Å². The highest BCUT2D eigenvalue weighted by Crippen LogP contribution is 2.32. The average Bonchev–Trinajstić information content (AvgIpc) is 2.93. The molecule has 0 fully saturated rings. The summed E-state index contributed by atoms with van der Waals surface area (Å²) in [6, 6.07) is 13.0. The summed E-state index contributed by atoms with van der Waals surface area (Å²) in [6.07, 6.45) is -6.36. The number of alkyl halides is 3. The fourth-order valence-corrected chi connectivity index (χ4v) is 3.34. The second-order valence-electron chi connectivity index (χ2n) is 9.06. The molecule has 1 amide bonds. The van der Waals surface area contributed by atoms with Gasteiger partial charge in [-0.15, -0.1) is 0 Å². The predicted octanol–water partition coefficient (Wildman–Crippen LogP) is 4.78. The average molecular weight is 614 g/mol. The van der Waals surface area contributed by atoms with Crippen LogP contribution in [0.3, 0.4) is 0 Å². The summed E-state index contributed by atoms with van der Waals surface area (Å²) < 4.78 is 71.3. The molecule has 0 saturated carbocycles. The third-order valence-electron chi connectivity index (χ3n) is 5.54. The van der Waals surface area contributed by atoms with Crippen LogP contribution in [0.4, 0.5) is 22.0 Å². The summed E-state index contributed by atoms with van der Waals surface area (Å²) in [7, 11) is 3.27. The molecule has 15 heteroatoms. The van der Waals surface area contributed by atoms with Gasteiger partial charge < -0.3 is 30.3 Å². The Balaban J connectivity index is 0.000000821. The lowest BCUT2D eigenvalue weighted by Crippen LogP contribution is -2.26. The van der Waals surface area contributed by atoms with E-state index in [9.17, 15) is 36.6 Å². The highest BCUT2D eigenvalue weighted by atomic mass is 19.4. The van der Waals surface area contributed by atoms with Crippen molar-refractivity contribution in [2.45, 2.75) is 38.6 Å². The predicted molar refractivity (Wildman–Crippen MR) is 142 cm³/mol. The van der Waals surface area contributed by atoms with Crippen LogP contribution in [-0.4, -0.2) is 64.3 Å². The van der Waals surface area contributed by atoms with Crippen molar-refractivity contribution in [1.82, 2.24) is 9.88 Å². The first-order valence-corrected chi connectivity index (χ1v) is 12.4. The van der Waals surface area contributed by atoms with Crippen LogP contribution in [0.25, 0.3) is 11.1 Å². The summed E-state index contributed by atoms with van der Waals surface area (Å²) in [5.41, 5.74) is 8.72. The van der Waals surface area contributed by atoms with Crippen molar-refractivity contribution in [1.29, 1.82) is 0 Å². The zero-order valence-corrected chi connectivity index (χ0v) is 23.1. The normalized spacial score (nSPS) is 11.6. The number of hydrogen-bond donors (Lipinski definition) is 3. The van der Waals surface area contributed by atoms with E-state index in [-0.39, 0.29) is 24.5 Å². The number of benzene rings is 2. The van der Waals surface area contributed by atoms with E-state index in [0.29, 0.717) is 23.7 Å². The molecule has 0 radical (unpaired) electrons. The Bertz CT molecular complexity index is 1470. The van der Waals surface area contributed by atoms with Gasteiger partial charge in [0.25, 0.3) is 11.8 Å². The number of likely N-dealkylation sites (N-methyl/N-ethyl adjacent to an activating group) is 1. The van der Waals surface area contributed by atoms with E-state index in [2.05, 4.69) is 4.98 Å². The van der Waals surface area contributed by atoms with Crippen LogP contribution in [0.15, 0.2) is 48.5 Å². The minimum Gasteiger partial charge on any atom is -0.479 e. The number of carbonyl (C=O) groups is 3. The first-order chi connectivity index (χ1) is 20.0. The monoisotopic (exact) mass is 613 g/mol. The van der Waals surface area contributed by atoms with Gasteiger partial charge in [0, 0.05) is 26.7 Å². The molecule has 1 atom stereocenters. The van der Waals surface area contributed by atoms with Gasteiger partial charge in [0.2, 0.25) is 5.91 Å². The molecule has 0 aliphatic rings. The van der Waals surface area contributed by atoms with E-state index in [0.717, 1.165) is 11.1 Å². The summed E-state index contributed by atoms with van der Waals surface area (Å²) in [4.78, 5) is 37.7. The fourth-order valence-electron chi connectivity index (χ4n) is 3.34. The molecule has 3 rings (SSSR count). The molecule has 43 heavy (non-hydrogen) atoms. The molecule has 0 aliphatic carbocycles. The van der Waals surface area contributed by atoms with Crippen LogP contribution in [0.2, 0.25) is 0 Å². The number of halogens is 5. The second-order valence-corrected chi connectivity index (χ2v) is 9.06. The third kappa shape index (κ3) is 10.2. The Kier molecular flexibility index (Phi) is 11.9. The van der Waals surface area contributed by atoms with Gasteiger partial charge in [-0.3, -0.25) is 4.79 Å². The summed E-state index contributed by atoms with van der Waals surface area (Å²) in [5, 5.41) is 16.3. The van der Waals surface area contributed by atoms with Gasteiger partial charge in [-0.1, -0.05) is 31.2 Å². The van der Waals surface area contributed by atoms with Crippen LogP contribution in [-0.2, 0) is 27.3 Å². The summed E-state index contributed by atoms with van der Waals surface area (Å²) in [5.74, 6) is -7.66. The Hall–Kier alpha value is -4.79. The maximum atomic E-state index is 14.6. The zero-order chi connectivity index (χ0) is 32.5. The Morgan fingerprint density at radius 1 is 0.953 bits per heavy atom. The molecular weight excluding hydrogens is 585 g/mol. The standard InChI is InChI=1S/C26H27F2N3O5.C2HF3O2/c1-4-22(26(33)34)36-25-21(28)13-20(27)24(30-25)35-19-10-16(11-23(32)31(2)3)9-18(12-19)17-7-5-6-15(8-17)14-29;3-2(4,5)1(6)7/h5-10,12-13,22H,4,11,14,29H2,1-3H3,(H,33,34);(H,6,7)/t22-;/m1./s1. The van der Waals surface area contributed by atoms with E-state index in [4.69, 9.17) is 25.1 Å². The van der Waals surface area contributed by atoms with Gasteiger partial charge >= 0.3 is 18.1 Å². The SMILES string of the molecule is CC[C@@H](Oc1nc(Oc2cc(CC(=O)N(C)C)cc(-c3cccc(CN)c3)c2)c(F)cc1F)C(=O)O.O=C(O)C(F)(F)F. The van der Waals surface area contributed by atoms with Crippen LogP contribution in [0.1, 0.15) is 24.5 Å². The Morgan fingerprint density at radius 2 is 1.56 bits per heavy atom. The first-order valence-electron chi connectivity index (χ1n) is 12.4. The van der Waals surface area contributed by atoms with Gasteiger partial charge in [0.1, 0.15) is 5.75 Å². The number of nitrogens with zero attached hydrogens (tertiary/aromatic N) is 2. The van der Waals surface area contributed by atoms with Crippen molar-refractivity contribution >= 4 is 17.8 Å². The second kappa shape index (κ2) is 14.9. The molecule has 4 N–H and O–H groups in total. The van der Waals surface area contributed by atoms with Crippen LogP contribution in [0, 0.1) is 11.6 Å². The van der Waals surface area contributed by atoms with Crippen molar-refractivity contribution in [2.24, 2.45) is 5.73 Å². The lowest BCUT2D eigenvalue weighted by Gasteiger charge is -2.16. The Labute approximate surface area is 242 Å². The van der Waals surface area contributed by atoms with Gasteiger partial charge in [-0.2, -0.15) is 18.2 Å². The maximum absolute atomic E-state index is 14.6. The highest BCUT2D eigenvalue weighted by Gasteiger charge is 2.38. The quantitative estimate of drug-likeness (QED) is 0.274. The number of carboxylic acid groups (broad SMARTS) is 2. The molecule has 0 aliphatic heterocycles. The van der Waals surface area contributed by atoms with Crippen LogP contribution in [0.5, 0.6) is 17.5 Å². The first kappa shape index (κ1) is 34.4. The molecule has 1 heterocycles. The number of carbonyl (C=O) groups excluding carboxylic acids is 1. The lowest BCUT2D eigenvalue weighted by molar-refractivity contribution is -0.192. The zero-order valence-electron chi connectivity index (χ0n) is 23.1. The van der Waals surface area contributed by atoms with E-state index >= 15 is 0 Å². The fraction of sp³-hybridized carbons (Fsp3) is 0.286. The molecule has 0 saturated heterocycles. The van der Waals surface area contributed by atoms with Crippen LogP contribution >= 0.6 is 0 Å². The number of carboxylic acids is 2. The number of hydrogen-bond acceptors (Lipinski definition) is 7. The molecule has 0 unspecified atom stereocenters. The highest BCUT2D eigenvalue weighted by molar-refractivity contribution is 5.79. The molecule has 232 valence electrons. The number of pyridine rings is 1. The molecule has 3 aromatic rings. The largest absolute Gasteiger partial charge is 0.490 e. The van der Waals surface area contributed by atoms with Crippen molar-refractivity contribution in [3.05, 3.63) is 71.3 Å². The minimum atomic E-state index is -5.08. The van der Waals surface area contributed by atoms with Crippen molar-refractivity contribution in [2.75, 3.05) is 14.1 Å². The summed E-state index contributed by atoms with van der Waals surface area (Å²) in [6.45, 7) is 1.87. The molecule has 1 aromatic heterocycles. The van der Waals surface area contributed by atoms with E-state index < -0.39 is 47.6 Å². The smallest absolute Gasteiger partial charge is 0.479 e. The van der Waals surface area contributed by atoms with E-state index in [1.54, 1.807) is 33.2 Å². The maximum Gasteiger partial charge on any atom is 0.490 e. The molecule has 2 aromatic carbocycles. The van der Waals surface area contributed by atoms with Crippen molar-refractivity contribution in [3.63, 3.8) is 0 Å². The van der Waals surface area contributed by atoms with E-state index in [1.165, 1.54) is 4.90 Å². The van der Waals surface area contributed by atoms with Gasteiger partial charge in [0.15, 0.2) is 17.7 Å². The number of rotatable bonds is 10. The lowest BCUT2D eigenvalue weighted by atomic mass is 9.99. The van der Waals surface area contributed by atoms with Crippen molar-refractivity contribution in [3.8, 4) is 28.6 Å².